The van der Waals surface area contributed by atoms with Crippen LogP contribution in [0.3, 0.4) is 0 Å². The molecule has 0 aliphatic carbocycles. The van der Waals surface area contributed by atoms with Crippen molar-refractivity contribution in [2.45, 2.75) is 34.1 Å². The van der Waals surface area contributed by atoms with Crippen LogP contribution in [0.1, 0.15) is 34.1 Å². The maximum atomic E-state index is 12.1. The monoisotopic (exact) mass is 260 g/mol. The third-order valence-corrected chi connectivity index (χ3v) is 2.48. The first kappa shape index (κ1) is 16.9. The summed E-state index contributed by atoms with van der Waals surface area (Å²) in [6.07, 6.45) is 0.346. The fraction of sp³-hybridized carbons (Fsp3) is 0.846. The van der Waals surface area contributed by atoms with Crippen molar-refractivity contribution < 1.29 is 23.8 Å². The number of esters is 2. The van der Waals surface area contributed by atoms with E-state index >= 15 is 0 Å². The number of carbonyl (C=O) groups is 2. The fourth-order valence-electron chi connectivity index (χ4n) is 1.91. The highest BCUT2D eigenvalue weighted by molar-refractivity contribution is 6.00. The van der Waals surface area contributed by atoms with Crippen LogP contribution in [0.4, 0.5) is 0 Å². The van der Waals surface area contributed by atoms with Gasteiger partial charge in [-0.25, -0.2) is 0 Å². The van der Waals surface area contributed by atoms with Gasteiger partial charge >= 0.3 is 11.9 Å². The van der Waals surface area contributed by atoms with Gasteiger partial charge in [-0.1, -0.05) is 13.8 Å². The van der Waals surface area contributed by atoms with Crippen LogP contribution in [0.15, 0.2) is 0 Å². The van der Waals surface area contributed by atoms with Crippen LogP contribution in [0, 0.1) is 11.3 Å². The topological polar surface area (TPSA) is 61.8 Å². The second kappa shape index (κ2) is 8.08. The van der Waals surface area contributed by atoms with Crippen molar-refractivity contribution in [2.75, 3.05) is 26.9 Å². The fourth-order valence-corrected chi connectivity index (χ4v) is 1.91. The van der Waals surface area contributed by atoms with Gasteiger partial charge in [0.05, 0.1) is 19.8 Å². The van der Waals surface area contributed by atoms with Gasteiger partial charge in [-0.2, -0.15) is 0 Å². The molecule has 0 saturated carbocycles. The molecule has 0 aliphatic heterocycles. The van der Waals surface area contributed by atoms with Crippen LogP contribution < -0.4 is 0 Å². The first-order chi connectivity index (χ1) is 8.44. The Morgan fingerprint density at radius 1 is 1.06 bits per heavy atom. The molecule has 106 valence electrons. The molecule has 0 spiro atoms. The van der Waals surface area contributed by atoms with E-state index < -0.39 is 17.4 Å². The summed E-state index contributed by atoms with van der Waals surface area (Å²) >= 11 is 0. The minimum Gasteiger partial charge on any atom is -0.465 e. The number of methoxy groups -OCH3 is 1. The van der Waals surface area contributed by atoms with E-state index in [2.05, 4.69) is 0 Å². The summed E-state index contributed by atoms with van der Waals surface area (Å²) < 4.78 is 15.1. The molecule has 18 heavy (non-hydrogen) atoms. The Hall–Kier alpha value is -1.10. The molecule has 0 radical (unpaired) electrons. The molecule has 0 rings (SSSR count). The molecule has 0 N–H and O–H groups in total. The minimum atomic E-state index is -1.35. The molecule has 0 heterocycles. The molecular formula is C13H24O5. The summed E-state index contributed by atoms with van der Waals surface area (Å²) in [4.78, 5) is 24.2. The van der Waals surface area contributed by atoms with Gasteiger partial charge in [0.2, 0.25) is 0 Å². The van der Waals surface area contributed by atoms with Crippen LogP contribution >= 0.6 is 0 Å². The second-order valence-corrected chi connectivity index (χ2v) is 4.55. The van der Waals surface area contributed by atoms with Gasteiger partial charge in [-0.05, 0) is 26.2 Å². The van der Waals surface area contributed by atoms with Gasteiger partial charge in [0, 0.05) is 7.11 Å². The average molecular weight is 260 g/mol. The van der Waals surface area contributed by atoms with Crippen molar-refractivity contribution in [3.8, 4) is 0 Å². The summed E-state index contributed by atoms with van der Waals surface area (Å²) in [5.74, 6) is -0.994. The van der Waals surface area contributed by atoms with Crippen molar-refractivity contribution >= 4 is 11.9 Å². The molecule has 5 nitrogen and oxygen atoms in total. The van der Waals surface area contributed by atoms with E-state index in [0.717, 1.165) is 0 Å². The maximum absolute atomic E-state index is 12.1. The molecule has 5 heteroatoms. The third-order valence-electron chi connectivity index (χ3n) is 2.48. The van der Waals surface area contributed by atoms with Crippen LogP contribution in [-0.4, -0.2) is 38.9 Å². The molecule has 0 aromatic carbocycles. The van der Waals surface area contributed by atoms with Crippen molar-refractivity contribution in [1.29, 1.82) is 0 Å². The highest BCUT2D eigenvalue weighted by atomic mass is 16.6. The molecule has 0 atom stereocenters. The van der Waals surface area contributed by atoms with Crippen LogP contribution in [0.5, 0.6) is 0 Å². The van der Waals surface area contributed by atoms with E-state index in [9.17, 15) is 9.59 Å². The third kappa shape index (κ3) is 4.29. The first-order valence-corrected chi connectivity index (χ1v) is 6.28. The summed E-state index contributed by atoms with van der Waals surface area (Å²) in [5.41, 5.74) is -1.35. The number of hydrogen-bond acceptors (Lipinski definition) is 5. The molecular weight excluding hydrogens is 236 g/mol. The van der Waals surface area contributed by atoms with Gasteiger partial charge in [-0.15, -0.1) is 0 Å². The molecule has 0 aromatic heterocycles. The SMILES string of the molecule is CCOC(=O)C(COC)(CC(C)C)C(=O)OCC. The smallest absolute Gasteiger partial charge is 0.325 e. The molecule has 0 aromatic rings. The second-order valence-electron chi connectivity index (χ2n) is 4.55. The number of carbonyl (C=O) groups excluding carboxylic acids is 2. The Labute approximate surface area is 109 Å². The Morgan fingerprint density at radius 2 is 1.50 bits per heavy atom. The van der Waals surface area contributed by atoms with Crippen molar-refractivity contribution in [2.24, 2.45) is 11.3 Å². The van der Waals surface area contributed by atoms with E-state index in [0.29, 0.717) is 6.42 Å². The van der Waals surface area contributed by atoms with Gasteiger partial charge < -0.3 is 14.2 Å². The highest BCUT2D eigenvalue weighted by Crippen LogP contribution is 2.30. The van der Waals surface area contributed by atoms with Gasteiger partial charge in [-0.3, -0.25) is 9.59 Å². The lowest BCUT2D eigenvalue weighted by molar-refractivity contribution is -0.177. The number of rotatable bonds is 8. The van der Waals surface area contributed by atoms with E-state index in [1.165, 1.54) is 7.11 Å². The Morgan fingerprint density at radius 3 is 1.78 bits per heavy atom. The number of ether oxygens (including phenoxy) is 3. The molecule has 0 unspecified atom stereocenters. The predicted octanol–water partition coefficient (Wildman–Crippen LogP) is 1.79. The lowest BCUT2D eigenvalue weighted by Gasteiger charge is -2.29. The molecule has 0 fully saturated rings. The van der Waals surface area contributed by atoms with Crippen molar-refractivity contribution in [1.82, 2.24) is 0 Å². The molecule has 0 saturated heterocycles. The normalized spacial score (nSPS) is 11.4. The standard InChI is InChI=1S/C13H24O5/c1-6-17-11(14)13(9-16-5,8-10(3)4)12(15)18-7-2/h10H,6-9H2,1-5H3. The van der Waals surface area contributed by atoms with E-state index in [1.807, 2.05) is 13.8 Å². The quantitative estimate of drug-likeness (QED) is 0.492. The van der Waals surface area contributed by atoms with Crippen LogP contribution in [0.2, 0.25) is 0 Å². The Bertz CT molecular complexity index is 255. The Balaban J connectivity index is 5.25. The van der Waals surface area contributed by atoms with E-state index in [1.54, 1.807) is 13.8 Å². The Kier molecular flexibility index (Phi) is 7.59. The minimum absolute atomic E-state index is 0.0250. The van der Waals surface area contributed by atoms with E-state index in [-0.39, 0.29) is 25.7 Å². The number of hydrogen-bond donors (Lipinski definition) is 0. The van der Waals surface area contributed by atoms with Gasteiger partial charge in [0.25, 0.3) is 0 Å². The van der Waals surface area contributed by atoms with Crippen molar-refractivity contribution in [3.63, 3.8) is 0 Å². The lowest BCUT2D eigenvalue weighted by Crippen LogP contribution is -2.46. The first-order valence-electron chi connectivity index (χ1n) is 6.28. The highest BCUT2D eigenvalue weighted by Gasteiger charge is 2.49. The van der Waals surface area contributed by atoms with Gasteiger partial charge in [0.1, 0.15) is 0 Å². The lowest BCUT2D eigenvalue weighted by atomic mass is 9.80. The zero-order valence-corrected chi connectivity index (χ0v) is 11.9. The molecule has 0 bridgehead atoms. The van der Waals surface area contributed by atoms with Crippen molar-refractivity contribution in [3.05, 3.63) is 0 Å². The summed E-state index contributed by atoms with van der Waals surface area (Å²) in [7, 11) is 1.45. The molecule has 0 aliphatic rings. The zero-order valence-electron chi connectivity index (χ0n) is 11.9. The van der Waals surface area contributed by atoms with E-state index in [4.69, 9.17) is 14.2 Å². The zero-order chi connectivity index (χ0) is 14.2. The predicted molar refractivity (Wildman–Crippen MR) is 67.0 cm³/mol. The summed E-state index contributed by atoms with van der Waals surface area (Å²) in [5, 5.41) is 0. The summed E-state index contributed by atoms with van der Waals surface area (Å²) in [6, 6.07) is 0. The van der Waals surface area contributed by atoms with Crippen LogP contribution in [-0.2, 0) is 23.8 Å². The molecule has 0 amide bonds. The maximum Gasteiger partial charge on any atom is 0.325 e. The van der Waals surface area contributed by atoms with Gasteiger partial charge in [0.15, 0.2) is 5.41 Å². The largest absolute Gasteiger partial charge is 0.465 e. The average Bonchev–Trinajstić information content (AvgIpc) is 2.28. The summed E-state index contributed by atoms with van der Waals surface area (Å²) in [6.45, 7) is 7.70. The van der Waals surface area contributed by atoms with Crippen LogP contribution in [0.25, 0.3) is 0 Å².